The second kappa shape index (κ2) is 10.5. The number of hydrogen-bond acceptors (Lipinski definition) is 5. The molecule has 0 fully saturated rings. The molecule has 1 aliphatic heterocycles. The molecule has 4 amide bonds. The number of rotatable bonds is 11. The van der Waals surface area contributed by atoms with Gasteiger partial charge in [0.05, 0.1) is 13.2 Å². The highest BCUT2D eigenvalue weighted by molar-refractivity contribution is 6.13. The smallest absolute Gasteiger partial charge is 0.253 e. The van der Waals surface area contributed by atoms with Crippen molar-refractivity contribution in [3.63, 3.8) is 0 Å². The van der Waals surface area contributed by atoms with E-state index in [2.05, 4.69) is 5.32 Å². The summed E-state index contributed by atoms with van der Waals surface area (Å²) in [6.07, 6.45) is 3.66. The highest BCUT2D eigenvalue weighted by atomic mass is 16.5. The van der Waals surface area contributed by atoms with E-state index < -0.39 is 0 Å². The van der Waals surface area contributed by atoms with Crippen molar-refractivity contribution in [3.05, 3.63) is 12.2 Å². The highest BCUT2D eigenvalue weighted by Gasteiger charge is 2.24. The molecule has 0 aromatic heterocycles. The number of hydrogen-bond donors (Lipinski definition) is 1. The molecule has 0 spiro atoms. The van der Waals surface area contributed by atoms with E-state index in [1.807, 2.05) is 6.92 Å². The van der Waals surface area contributed by atoms with Crippen LogP contribution < -0.4 is 5.32 Å². The largest absolute Gasteiger partial charge is 0.379 e. The third-order valence-electron chi connectivity index (χ3n) is 3.49. The molecule has 1 rings (SSSR count). The number of amides is 4. The van der Waals surface area contributed by atoms with Gasteiger partial charge in [-0.15, -0.1) is 0 Å². The molecule has 1 heterocycles. The highest BCUT2D eigenvalue weighted by Crippen LogP contribution is 2.05. The average Bonchev–Trinajstić information content (AvgIpc) is 2.88. The van der Waals surface area contributed by atoms with E-state index in [9.17, 15) is 19.2 Å². The molecular formula is C16H25N3O5. The van der Waals surface area contributed by atoms with Crippen molar-refractivity contribution >= 4 is 23.6 Å². The zero-order chi connectivity index (χ0) is 17.9. The normalized spacial score (nSPS) is 13.5. The predicted molar refractivity (Wildman–Crippen MR) is 86.9 cm³/mol. The molecule has 1 N–H and O–H groups in total. The minimum Gasteiger partial charge on any atom is -0.379 e. The first-order valence-electron chi connectivity index (χ1n) is 8.07. The summed E-state index contributed by atoms with van der Waals surface area (Å²) in [6.45, 7) is 3.73. The van der Waals surface area contributed by atoms with Gasteiger partial charge in [0, 0.05) is 51.7 Å². The molecular weight excluding hydrogens is 314 g/mol. The molecule has 0 radical (unpaired) electrons. The van der Waals surface area contributed by atoms with Crippen LogP contribution in [0.3, 0.4) is 0 Å². The molecule has 8 heteroatoms. The summed E-state index contributed by atoms with van der Waals surface area (Å²) in [5, 5.41) is 2.75. The second-order valence-corrected chi connectivity index (χ2v) is 5.44. The predicted octanol–water partition coefficient (Wildman–Crippen LogP) is -0.307. The standard InChI is InChI=1S/C16H25N3O5/c1-3-8-17-13(20)7-11-24-12-10-18(2)14(21)6-9-19-15(22)4-5-16(19)23/h4-5H,3,6-12H2,1-2H3,(H,17,20). The number of likely N-dealkylation sites (N-methyl/N-ethyl adjacent to an activating group) is 1. The maximum Gasteiger partial charge on any atom is 0.253 e. The molecule has 1 aliphatic rings. The first kappa shape index (κ1) is 19.8. The van der Waals surface area contributed by atoms with Gasteiger partial charge in [0.2, 0.25) is 11.8 Å². The van der Waals surface area contributed by atoms with Crippen LogP contribution in [-0.4, -0.2) is 73.3 Å². The van der Waals surface area contributed by atoms with E-state index in [0.717, 1.165) is 11.3 Å². The summed E-state index contributed by atoms with van der Waals surface area (Å²) in [7, 11) is 1.63. The first-order chi connectivity index (χ1) is 11.5. The van der Waals surface area contributed by atoms with Crippen LogP contribution in [0.5, 0.6) is 0 Å². The van der Waals surface area contributed by atoms with Crippen molar-refractivity contribution in [2.45, 2.75) is 26.2 Å². The topological polar surface area (TPSA) is 96.0 Å². The summed E-state index contributed by atoms with van der Waals surface area (Å²) in [5.41, 5.74) is 0. The Kier molecular flexibility index (Phi) is 8.70. The van der Waals surface area contributed by atoms with Gasteiger partial charge in [-0.3, -0.25) is 24.1 Å². The Balaban J connectivity index is 2.11. The van der Waals surface area contributed by atoms with Crippen LogP contribution in [0.4, 0.5) is 0 Å². The maximum atomic E-state index is 11.9. The molecule has 0 bridgehead atoms. The van der Waals surface area contributed by atoms with Gasteiger partial charge in [-0.05, 0) is 6.42 Å². The lowest BCUT2D eigenvalue weighted by atomic mass is 10.3. The molecule has 134 valence electrons. The van der Waals surface area contributed by atoms with Gasteiger partial charge < -0.3 is 15.0 Å². The SMILES string of the molecule is CCCNC(=O)CCOCCN(C)C(=O)CCN1C(=O)C=CC1=O. The maximum absolute atomic E-state index is 11.9. The van der Waals surface area contributed by atoms with Crippen LogP contribution in [-0.2, 0) is 23.9 Å². The number of nitrogens with zero attached hydrogens (tertiary/aromatic N) is 2. The second-order valence-electron chi connectivity index (χ2n) is 5.44. The fraction of sp³-hybridized carbons (Fsp3) is 0.625. The Labute approximate surface area is 141 Å². The molecule has 0 aromatic carbocycles. The van der Waals surface area contributed by atoms with E-state index in [1.54, 1.807) is 7.05 Å². The van der Waals surface area contributed by atoms with Crippen molar-refractivity contribution in [2.24, 2.45) is 0 Å². The minimum absolute atomic E-state index is 0.0464. The van der Waals surface area contributed by atoms with E-state index in [-0.39, 0.29) is 36.6 Å². The fourth-order valence-corrected chi connectivity index (χ4v) is 2.00. The number of nitrogens with one attached hydrogen (secondary N) is 1. The van der Waals surface area contributed by atoms with Gasteiger partial charge in [-0.2, -0.15) is 0 Å². The van der Waals surface area contributed by atoms with Gasteiger partial charge in [-0.1, -0.05) is 6.92 Å². The Morgan fingerprint density at radius 2 is 1.83 bits per heavy atom. The van der Waals surface area contributed by atoms with Crippen molar-refractivity contribution in [1.29, 1.82) is 0 Å². The Morgan fingerprint density at radius 1 is 1.17 bits per heavy atom. The van der Waals surface area contributed by atoms with Gasteiger partial charge in [0.15, 0.2) is 0 Å². The summed E-state index contributed by atoms with van der Waals surface area (Å²) in [4.78, 5) is 48.6. The van der Waals surface area contributed by atoms with Gasteiger partial charge in [0.1, 0.15) is 0 Å². The van der Waals surface area contributed by atoms with Crippen molar-refractivity contribution in [1.82, 2.24) is 15.1 Å². The van der Waals surface area contributed by atoms with Crippen LogP contribution in [0.1, 0.15) is 26.2 Å². The summed E-state index contributed by atoms with van der Waals surface area (Å²) >= 11 is 0. The number of carbonyl (C=O) groups is 4. The van der Waals surface area contributed by atoms with Crippen LogP contribution >= 0.6 is 0 Å². The monoisotopic (exact) mass is 339 g/mol. The van der Waals surface area contributed by atoms with Gasteiger partial charge in [-0.25, -0.2) is 0 Å². The van der Waals surface area contributed by atoms with Crippen molar-refractivity contribution < 1.29 is 23.9 Å². The van der Waals surface area contributed by atoms with Crippen molar-refractivity contribution in [2.75, 3.05) is 39.9 Å². The molecule has 24 heavy (non-hydrogen) atoms. The van der Waals surface area contributed by atoms with Crippen LogP contribution in [0.25, 0.3) is 0 Å². The number of imide groups is 1. The molecule has 0 unspecified atom stereocenters. The fourth-order valence-electron chi connectivity index (χ4n) is 2.00. The Hall–Kier alpha value is -2.22. The van der Waals surface area contributed by atoms with E-state index >= 15 is 0 Å². The van der Waals surface area contributed by atoms with Crippen LogP contribution in [0, 0.1) is 0 Å². The molecule has 0 aromatic rings. The molecule has 0 atom stereocenters. The first-order valence-corrected chi connectivity index (χ1v) is 8.07. The molecule has 8 nitrogen and oxygen atoms in total. The van der Waals surface area contributed by atoms with E-state index in [4.69, 9.17) is 4.74 Å². The molecule has 0 aliphatic carbocycles. The molecule has 0 saturated carbocycles. The zero-order valence-corrected chi connectivity index (χ0v) is 14.2. The summed E-state index contributed by atoms with van der Waals surface area (Å²) in [5.74, 6) is -0.998. The summed E-state index contributed by atoms with van der Waals surface area (Å²) < 4.78 is 5.33. The minimum atomic E-state index is -0.389. The lowest BCUT2D eigenvalue weighted by Gasteiger charge is -2.19. The average molecular weight is 339 g/mol. The Bertz CT molecular complexity index is 486. The van der Waals surface area contributed by atoms with E-state index in [0.29, 0.717) is 32.7 Å². The van der Waals surface area contributed by atoms with Crippen LogP contribution in [0.15, 0.2) is 12.2 Å². The van der Waals surface area contributed by atoms with Gasteiger partial charge in [0.25, 0.3) is 11.8 Å². The van der Waals surface area contributed by atoms with Gasteiger partial charge >= 0.3 is 0 Å². The molecule has 0 saturated heterocycles. The quantitative estimate of drug-likeness (QED) is 0.412. The van der Waals surface area contributed by atoms with E-state index in [1.165, 1.54) is 17.1 Å². The number of ether oxygens (including phenoxy) is 1. The summed E-state index contributed by atoms with van der Waals surface area (Å²) in [6, 6.07) is 0. The third-order valence-corrected chi connectivity index (χ3v) is 3.49. The van der Waals surface area contributed by atoms with Crippen molar-refractivity contribution in [3.8, 4) is 0 Å². The lowest BCUT2D eigenvalue weighted by Crippen LogP contribution is -2.36. The number of carbonyl (C=O) groups excluding carboxylic acids is 4. The zero-order valence-electron chi connectivity index (χ0n) is 14.2. The Morgan fingerprint density at radius 3 is 2.46 bits per heavy atom. The third kappa shape index (κ3) is 6.91. The lowest BCUT2D eigenvalue weighted by molar-refractivity contribution is -0.138. The van der Waals surface area contributed by atoms with Crippen LogP contribution in [0.2, 0.25) is 0 Å².